The highest BCUT2D eigenvalue weighted by atomic mass is 16.6. The van der Waals surface area contributed by atoms with E-state index in [4.69, 9.17) is 9.57 Å². The second-order valence-electron chi connectivity index (χ2n) is 5.54. The Bertz CT molecular complexity index is 892. The van der Waals surface area contributed by atoms with Gasteiger partial charge in [-0.15, -0.1) is 0 Å². The van der Waals surface area contributed by atoms with E-state index in [0.717, 1.165) is 22.4 Å². The van der Waals surface area contributed by atoms with E-state index in [1.807, 2.05) is 84.9 Å². The second-order valence-corrected chi connectivity index (χ2v) is 5.54. The Morgan fingerprint density at radius 1 is 0.846 bits per heavy atom. The van der Waals surface area contributed by atoms with Crippen molar-refractivity contribution in [2.45, 2.75) is 6.10 Å². The zero-order valence-electron chi connectivity index (χ0n) is 14.5. The minimum atomic E-state index is -0.446. The van der Waals surface area contributed by atoms with Crippen molar-refractivity contribution in [2.75, 3.05) is 7.11 Å². The summed E-state index contributed by atoms with van der Waals surface area (Å²) < 4.78 is 5.17. The van der Waals surface area contributed by atoms with E-state index in [1.165, 1.54) is 0 Å². The van der Waals surface area contributed by atoms with Crippen LogP contribution in [0.1, 0.15) is 22.8 Å². The van der Waals surface area contributed by atoms with Crippen LogP contribution in [0.3, 0.4) is 0 Å². The minimum absolute atomic E-state index is 0.446. The Kier molecular flexibility index (Phi) is 6.06. The summed E-state index contributed by atoms with van der Waals surface area (Å²) in [6.07, 6.45) is 1.24. The topological polar surface area (TPSA) is 30.8 Å². The summed E-state index contributed by atoms with van der Waals surface area (Å²) >= 11 is 0. The first-order valence-corrected chi connectivity index (χ1v) is 8.30. The van der Waals surface area contributed by atoms with E-state index < -0.39 is 6.10 Å². The van der Waals surface area contributed by atoms with E-state index in [-0.39, 0.29) is 0 Å². The Hall–Kier alpha value is -3.51. The lowest BCUT2D eigenvalue weighted by molar-refractivity contribution is 0.101. The number of hydrogen-bond donors (Lipinski definition) is 0. The summed E-state index contributed by atoms with van der Waals surface area (Å²) in [7, 11) is 1.64. The summed E-state index contributed by atoms with van der Waals surface area (Å²) in [5.74, 6) is 7.09. The number of rotatable bonds is 5. The van der Waals surface area contributed by atoms with Crippen LogP contribution in [0.4, 0.5) is 0 Å². The number of ether oxygens (including phenoxy) is 1. The van der Waals surface area contributed by atoms with E-state index in [9.17, 15) is 0 Å². The van der Waals surface area contributed by atoms with Gasteiger partial charge < -0.3 is 9.57 Å². The maximum Gasteiger partial charge on any atom is 0.213 e. The van der Waals surface area contributed by atoms with Crippen molar-refractivity contribution in [1.82, 2.24) is 0 Å². The molecule has 3 aromatic rings. The van der Waals surface area contributed by atoms with Gasteiger partial charge in [-0.1, -0.05) is 71.7 Å². The van der Waals surface area contributed by atoms with Crippen LogP contribution in [0.5, 0.6) is 5.75 Å². The minimum Gasteiger partial charge on any atom is -0.497 e. The van der Waals surface area contributed by atoms with Gasteiger partial charge >= 0.3 is 0 Å². The summed E-state index contributed by atoms with van der Waals surface area (Å²) in [4.78, 5) is 5.67. The number of hydrogen-bond acceptors (Lipinski definition) is 3. The van der Waals surface area contributed by atoms with Gasteiger partial charge in [0.1, 0.15) is 5.75 Å². The van der Waals surface area contributed by atoms with Crippen molar-refractivity contribution in [1.29, 1.82) is 0 Å². The zero-order valence-corrected chi connectivity index (χ0v) is 14.5. The van der Waals surface area contributed by atoms with E-state index in [0.29, 0.717) is 0 Å². The van der Waals surface area contributed by atoms with Gasteiger partial charge in [0.25, 0.3) is 0 Å². The normalized spacial score (nSPS) is 11.4. The third kappa shape index (κ3) is 4.99. The third-order valence-electron chi connectivity index (χ3n) is 3.71. The summed E-state index contributed by atoms with van der Waals surface area (Å²) in [5, 5.41) is 4.11. The van der Waals surface area contributed by atoms with Crippen LogP contribution in [-0.2, 0) is 4.84 Å². The molecule has 3 rings (SSSR count). The predicted molar refractivity (Wildman–Crippen MR) is 104 cm³/mol. The summed E-state index contributed by atoms with van der Waals surface area (Å²) in [5.41, 5.74) is 2.82. The third-order valence-corrected chi connectivity index (χ3v) is 3.71. The smallest absolute Gasteiger partial charge is 0.213 e. The van der Waals surface area contributed by atoms with Gasteiger partial charge in [-0.05, 0) is 35.7 Å². The molecule has 0 aliphatic carbocycles. The van der Waals surface area contributed by atoms with E-state index >= 15 is 0 Å². The fourth-order valence-electron chi connectivity index (χ4n) is 2.31. The number of oxime groups is 1. The number of methoxy groups -OCH3 is 1. The van der Waals surface area contributed by atoms with Crippen molar-refractivity contribution in [3.8, 4) is 17.6 Å². The van der Waals surface area contributed by atoms with Crippen LogP contribution in [0.25, 0.3) is 0 Å². The molecule has 128 valence electrons. The number of benzene rings is 3. The molecule has 0 saturated carbocycles. The highest BCUT2D eigenvalue weighted by Crippen LogP contribution is 2.17. The molecule has 0 fully saturated rings. The average molecular weight is 341 g/mol. The number of nitrogens with zero attached hydrogens (tertiary/aromatic N) is 1. The molecule has 3 nitrogen and oxygen atoms in total. The molecule has 0 aliphatic rings. The van der Waals surface area contributed by atoms with Crippen LogP contribution in [0.2, 0.25) is 0 Å². The second kappa shape index (κ2) is 9.10. The molecule has 26 heavy (non-hydrogen) atoms. The summed E-state index contributed by atoms with van der Waals surface area (Å²) in [6, 6.07) is 27.3. The van der Waals surface area contributed by atoms with Gasteiger partial charge in [-0.2, -0.15) is 0 Å². The maximum absolute atomic E-state index is 5.67. The fraction of sp³-hybridized carbons (Fsp3) is 0.0870. The molecule has 0 bridgehead atoms. The molecule has 3 heteroatoms. The van der Waals surface area contributed by atoms with Crippen LogP contribution in [0, 0.1) is 11.8 Å². The molecule has 0 radical (unpaired) electrons. The van der Waals surface area contributed by atoms with Gasteiger partial charge in [0.05, 0.1) is 13.3 Å². The highest BCUT2D eigenvalue weighted by Gasteiger charge is 2.08. The lowest BCUT2D eigenvalue weighted by atomic mass is 10.1. The fourth-order valence-corrected chi connectivity index (χ4v) is 2.31. The van der Waals surface area contributed by atoms with Crippen molar-refractivity contribution in [3.63, 3.8) is 0 Å². The van der Waals surface area contributed by atoms with Crippen molar-refractivity contribution < 1.29 is 9.57 Å². The molecule has 0 heterocycles. The quantitative estimate of drug-likeness (QED) is 0.378. The first-order chi connectivity index (χ1) is 12.8. The van der Waals surface area contributed by atoms with Crippen LogP contribution >= 0.6 is 0 Å². The molecule has 0 aliphatic heterocycles. The van der Waals surface area contributed by atoms with Crippen LogP contribution in [-0.4, -0.2) is 13.3 Å². The Labute approximate surface area is 153 Å². The average Bonchev–Trinajstić information content (AvgIpc) is 2.72. The van der Waals surface area contributed by atoms with Gasteiger partial charge in [0.15, 0.2) is 0 Å². The molecule has 0 N–H and O–H groups in total. The molecule has 0 saturated heterocycles. The molecule has 1 unspecified atom stereocenters. The van der Waals surface area contributed by atoms with Crippen LogP contribution < -0.4 is 4.74 Å². The van der Waals surface area contributed by atoms with E-state index in [2.05, 4.69) is 17.0 Å². The van der Waals surface area contributed by atoms with Crippen LogP contribution in [0.15, 0.2) is 90.1 Å². The first kappa shape index (κ1) is 17.3. The highest BCUT2D eigenvalue weighted by molar-refractivity contribution is 5.78. The van der Waals surface area contributed by atoms with Gasteiger partial charge in [0, 0.05) is 11.1 Å². The van der Waals surface area contributed by atoms with Gasteiger partial charge in [0.2, 0.25) is 6.10 Å². The molecule has 0 amide bonds. The summed E-state index contributed by atoms with van der Waals surface area (Å²) in [6.45, 7) is 0. The molecular weight excluding hydrogens is 322 g/mol. The van der Waals surface area contributed by atoms with Crippen molar-refractivity contribution in [2.24, 2.45) is 5.16 Å². The Balaban J connectivity index is 1.78. The maximum atomic E-state index is 5.67. The molecule has 0 aromatic heterocycles. The largest absolute Gasteiger partial charge is 0.497 e. The predicted octanol–water partition coefficient (Wildman–Crippen LogP) is 4.84. The molecule has 1 atom stereocenters. The molecule has 0 spiro atoms. The van der Waals surface area contributed by atoms with E-state index in [1.54, 1.807) is 13.3 Å². The SMILES string of the molecule is COc1ccc(C#CC(O/N=C/c2ccccc2)c2ccccc2)cc1. The van der Waals surface area contributed by atoms with Gasteiger partial charge in [-0.3, -0.25) is 0 Å². The first-order valence-electron chi connectivity index (χ1n) is 8.30. The lowest BCUT2D eigenvalue weighted by Crippen LogP contribution is -1.98. The lowest BCUT2D eigenvalue weighted by Gasteiger charge is -2.08. The molecular formula is C23H19NO2. The molecule has 3 aromatic carbocycles. The zero-order chi connectivity index (χ0) is 18.0. The van der Waals surface area contributed by atoms with Gasteiger partial charge in [-0.25, -0.2) is 0 Å². The Morgan fingerprint density at radius 3 is 2.15 bits per heavy atom. The standard InChI is InChI=1S/C23H19NO2/c1-25-22-15-12-19(13-16-22)14-17-23(21-10-6-3-7-11-21)26-24-18-20-8-4-2-5-9-20/h2-13,15-16,18,23H,1H3/b24-18+. The Morgan fingerprint density at radius 2 is 1.50 bits per heavy atom. The monoisotopic (exact) mass is 341 g/mol. The van der Waals surface area contributed by atoms with Crippen molar-refractivity contribution >= 4 is 6.21 Å². The van der Waals surface area contributed by atoms with Crippen molar-refractivity contribution in [3.05, 3.63) is 102 Å².